The van der Waals surface area contributed by atoms with E-state index in [1.807, 2.05) is 0 Å². The standard InChI is InChI=1S/C13H13ClN2O4/c1-7-8(3-2-4-9(7)14)12(18)16-6-11(17)15-5-10(16)13(19)20/h2-4,10H,5-6H2,1H3,(H,15,17)(H,19,20). The number of nitrogens with zero attached hydrogens (tertiary/aromatic N) is 1. The van der Waals surface area contributed by atoms with Crippen LogP contribution >= 0.6 is 11.6 Å². The van der Waals surface area contributed by atoms with E-state index in [-0.39, 0.29) is 19.0 Å². The molecule has 0 bridgehead atoms. The molecule has 2 amide bonds. The average Bonchev–Trinajstić information content (AvgIpc) is 2.40. The highest BCUT2D eigenvalue weighted by Gasteiger charge is 2.36. The molecule has 2 rings (SSSR count). The van der Waals surface area contributed by atoms with Crippen LogP contribution in [0.25, 0.3) is 0 Å². The monoisotopic (exact) mass is 296 g/mol. The van der Waals surface area contributed by atoms with Crippen LogP contribution < -0.4 is 5.32 Å². The topological polar surface area (TPSA) is 86.7 Å². The maximum atomic E-state index is 12.5. The first-order valence-corrected chi connectivity index (χ1v) is 6.35. The summed E-state index contributed by atoms with van der Waals surface area (Å²) in [4.78, 5) is 36.1. The molecule has 1 atom stereocenters. The summed E-state index contributed by atoms with van der Waals surface area (Å²) in [6.07, 6.45) is 0. The molecule has 1 unspecified atom stereocenters. The Morgan fingerprint density at radius 2 is 2.15 bits per heavy atom. The number of carboxylic acid groups (broad SMARTS) is 1. The normalized spacial score (nSPS) is 18.6. The first-order chi connectivity index (χ1) is 9.41. The number of carbonyl (C=O) groups excluding carboxylic acids is 2. The second-order valence-electron chi connectivity index (χ2n) is 4.50. The van der Waals surface area contributed by atoms with E-state index in [0.29, 0.717) is 16.1 Å². The van der Waals surface area contributed by atoms with Gasteiger partial charge < -0.3 is 15.3 Å². The summed E-state index contributed by atoms with van der Waals surface area (Å²) in [7, 11) is 0. The molecule has 0 saturated carbocycles. The Balaban J connectivity index is 2.36. The van der Waals surface area contributed by atoms with Gasteiger partial charge in [0.2, 0.25) is 5.91 Å². The van der Waals surface area contributed by atoms with E-state index in [9.17, 15) is 14.4 Å². The zero-order valence-corrected chi connectivity index (χ0v) is 11.5. The molecule has 1 aliphatic rings. The van der Waals surface area contributed by atoms with Gasteiger partial charge in [-0.3, -0.25) is 9.59 Å². The molecule has 6 nitrogen and oxygen atoms in total. The quantitative estimate of drug-likeness (QED) is 0.840. The van der Waals surface area contributed by atoms with Gasteiger partial charge in [-0.05, 0) is 24.6 Å². The van der Waals surface area contributed by atoms with Gasteiger partial charge in [0.05, 0.1) is 0 Å². The summed E-state index contributed by atoms with van der Waals surface area (Å²) >= 11 is 5.96. The van der Waals surface area contributed by atoms with Crippen LogP contribution in [0.15, 0.2) is 18.2 Å². The summed E-state index contributed by atoms with van der Waals surface area (Å²) in [5.41, 5.74) is 0.868. The number of carbonyl (C=O) groups is 3. The number of nitrogens with one attached hydrogen (secondary N) is 1. The maximum absolute atomic E-state index is 12.5. The number of carboxylic acids is 1. The first-order valence-electron chi connectivity index (χ1n) is 5.97. The lowest BCUT2D eigenvalue weighted by atomic mass is 10.1. The van der Waals surface area contributed by atoms with Gasteiger partial charge in [-0.25, -0.2) is 4.79 Å². The molecule has 1 heterocycles. The minimum Gasteiger partial charge on any atom is -0.480 e. The van der Waals surface area contributed by atoms with Crippen LogP contribution in [0.3, 0.4) is 0 Å². The Morgan fingerprint density at radius 3 is 2.80 bits per heavy atom. The number of hydrogen-bond donors (Lipinski definition) is 2. The highest BCUT2D eigenvalue weighted by atomic mass is 35.5. The fourth-order valence-electron chi connectivity index (χ4n) is 2.07. The van der Waals surface area contributed by atoms with E-state index < -0.39 is 17.9 Å². The Kier molecular flexibility index (Phi) is 3.94. The van der Waals surface area contributed by atoms with Gasteiger partial charge in [0, 0.05) is 17.1 Å². The maximum Gasteiger partial charge on any atom is 0.328 e. The van der Waals surface area contributed by atoms with Crippen LogP contribution in [0.5, 0.6) is 0 Å². The van der Waals surface area contributed by atoms with E-state index in [1.165, 1.54) is 0 Å². The molecule has 1 aliphatic heterocycles. The Hall–Kier alpha value is -2.08. The van der Waals surface area contributed by atoms with Crippen molar-refractivity contribution in [2.24, 2.45) is 0 Å². The molecule has 0 radical (unpaired) electrons. The van der Waals surface area contributed by atoms with Crippen LogP contribution in [0.1, 0.15) is 15.9 Å². The first kappa shape index (κ1) is 14.3. The second-order valence-corrected chi connectivity index (χ2v) is 4.91. The van der Waals surface area contributed by atoms with Crippen LogP contribution in [-0.2, 0) is 9.59 Å². The minimum absolute atomic E-state index is 0.0977. The van der Waals surface area contributed by atoms with Crippen LogP contribution in [0, 0.1) is 6.92 Å². The van der Waals surface area contributed by atoms with Gasteiger partial charge in [-0.1, -0.05) is 17.7 Å². The number of amides is 2. The van der Waals surface area contributed by atoms with Gasteiger partial charge in [0.1, 0.15) is 12.6 Å². The van der Waals surface area contributed by atoms with Crippen molar-refractivity contribution in [3.8, 4) is 0 Å². The number of hydrogen-bond acceptors (Lipinski definition) is 3. The predicted molar refractivity (Wildman–Crippen MR) is 71.7 cm³/mol. The fourth-order valence-corrected chi connectivity index (χ4v) is 2.24. The van der Waals surface area contributed by atoms with E-state index in [4.69, 9.17) is 16.7 Å². The highest BCUT2D eigenvalue weighted by Crippen LogP contribution is 2.21. The third-order valence-corrected chi connectivity index (χ3v) is 3.64. The van der Waals surface area contributed by atoms with Crippen molar-refractivity contribution >= 4 is 29.4 Å². The average molecular weight is 297 g/mol. The van der Waals surface area contributed by atoms with Crippen LogP contribution in [-0.4, -0.2) is 46.9 Å². The molecule has 106 valence electrons. The van der Waals surface area contributed by atoms with Gasteiger partial charge in [-0.2, -0.15) is 0 Å². The summed E-state index contributed by atoms with van der Waals surface area (Å²) < 4.78 is 0. The third kappa shape index (κ3) is 2.60. The lowest BCUT2D eigenvalue weighted by Gasteiger charge is -2.33. The molecule has 1 fully saturated rings. The summed E-state index contributed by atoms with van der Waals surface area (Å²) in [6.45, 7) is 1.30. The van der Waals surface area contributed by atoms with Gasteiger partial charge in [0.25, 0.3) is 5.91 Å². The van der Waals surface area contributed by atoms with Crippen LogP contribution in [0.2, 0.25) is 5.02 Å². The third-order valence-electron chi connectivity index (χ3n) is 3.23. The van der Waals surface area contributed by atoms with E-state index in [2.05, 4.69) is 5.32 Å². The second kappa shape index (κ2) is 5.50. The SMILES string of the molecule is Cc1c(Cl)cccc1C(=O)N1CC(=O)NCC1C(=O)O. The van der Waals surface area contributed by atoms with Crippen molar-refractivity contribution in [2.75, 3.05) is 13.1 Å². The minimum atomic E-state index is -1.15. The lowest BCUT2D eigenvalue weighted by Crippen LogP contribution is -2.59. The van der Waals surface area contributed by atoms with E-state index in [0.717, 1.165) is 4.90 Å². The molecule has 20 heavy (non-hydrogen) atoms. The van der Waals surface area contributed by atoms with Crippen molar-refractivity contribution in [1.82, 2.24) is 10.2 Å². The number of piperazine rings is 1. The molecule has 1 aromatic carbocycles. The molecule has 1 saturated heterocycles. The van der Waals surface area contributed by atoms with E-state index >= 15 is 0 Å². The highest BCUT2D eigenvalue weighted by molar-refractivity contribution is 6.31. The summed E-state index contributed by atoms with van der Waals surface area (Å²) in [6, 6.07) is 3.75. The molecular formula is C13H13ClN2O4. The van der Waals surface area contributed by atoms with Crippen molar-refractivity contribution in [1.29, 1.82) is 0 Å². The van der Waals surface area contributed by atoms with Crippen LogP contribution in [0.4, 0.5) is 0 Å². The van der Waals surface area contributed by atoms with Crippen molar-refractivity contribution in [2.45, 2.75) is 13.0 Å². The lowest BCUT2D eigenvalue weighted by molar-refractivity contribution is -0.144. The molecule has 2 N–H and O–H groups in total. The van der Waals surface area contributed by atoms with Crippen molar-refractivity contribution in [3.05, 3.63) is 34.3 Å². The molecule has 1 aromatic rings. The zero-order chi connectivity index (χ0) is 14.9. The Labute approximate surface area is 120 Å². The van der Waals surface area contributed by atoms with Gasteiger partial charge in [0.15, 0.2) is 0 Å². The summed E-state index contributed by atoms with van der Waals surface area (Å²) in [5.74, 6) is -2.04. The van der Waals surface area contributed by atoms with Gasteiger partial charge in [-0.15, -0.1) is 0 Å². The molecule has 7 heteroatoms. The number of halogens is 1. The fraction of sp³-hybridized carbons (Fsp3) is 0.308. The van der Waals surface area contributed by atoms with Gasteiger partial charge >= 0.3 is 5.97 Å². The zero-order valence-electron chi connectivity index (χ0n) is 10.7. The Morgan fingerprint density at radius 1 is 1.45 bits per heavy atom. The number of rotatable bonds is 2. The molecule has 0 spiro atoms. The molecular weight excluding hydrogens is 284 g/mol. The molecule has 0 aromatic heterocycles. The Bertz CT molecular complexity index is 588. The predicted octanol–water partition coefficient (Wildman–Crippen LogP) is 0.674. The number of aliphatic carboxylic acids is 1. The van der Waals surface area contributed by atoms with Crippen molar-refractivity contribution in [3.63, 3.8) is 0 Å². The summed E-state index contributed by atoms with van der Waals surface area (Å²) in [5, 5.41) is 12.0. The van der Waals surface area contributed by atoms with Crippen molar-refractivity contribution < 1.29 is 19.5 Å². The smallest absolute Gasteiger partial charge is 0.328 e. The largest absolute Gasteiger partial charge is 0.480 e. The van der Waals surface area contributed by atoms with E-state index in [1.54, 1.807) is 25.1 Å². The number of benzene rings is 1. The molecule has 0 aliphatic carbocycles.